The molecule has 1 aromatic carbocycles. The fourth-order valence-electron chi connectivity index (χ4n) is 3.07. The minimum absolute atomic E-state index is 0.0699. The number of para-hydroxylation sites is 1. The number of sulfonamides is 1. The highest BCUT2D eigenvalue weighted by Crippen LogP contribution is 2.39. The van der Waals surface area contributed by atoms with E-state index < -0.39 is 10.0 Å². The van der Waals surface area contributed by atoms with E-state index in [0.29, 0.717) is 4.21 Å². The molecule has 0 amide bonds. The van der Waals surface area contributed by atoms with Gasteiger partial charge < -0.3 is 0 Å². The monoisotopic (exact) mass is 376 g/mol. The Balaban J connectivity index is 1.75. The number of rotatable bonds is 3. The van der Waals surface area contributed by atoms with Gasteiger partial charge in [0, 0.05) is 11.4 Å². The molecule has 0 fully saturated rings. The molecule has 0 spiro atoms. The molecule has 0 saturated carbocycles. The molecule has 4 rings (SSSR count). The molecule has 4 nitrogen and oxygen atoms in total. The van der Waals surface area contributed by atoms with E-state index in [-0.39, 0.29) is 6.04 Å². The normalized spacial score (nSPS) is 17.2. The molecule has 1 aliphatic heterocycles. The van der Waals surface area contributed by atoms with Gasteiger partial charge in [0.15, 0.2) is 0 Å². The van der Waals surface area contributed by atoms with Crippen molar-refractivity contribution in [3.63, 3.8) is 0 Å². The van der Waals surface area contributed by atoms with Crippen molar-refractivity contribution < 1.29 is 8.42 Å². The predicted molar refractivity (Wildman–Crippen MR) is 99.4 cm³/mol. The summed E-state index contributed by atoms with van der Waals surface area (Å²) < 4.78 is 28.3. The van der Waals surface area contributed by atoms with Gasteiger partial charge in [0.25, 0.3) is 10.0 Å². The van der Waals surface area contributed by atoms with Crippen LogP contribution >= 0.6 is 22.7 Å². The summed E-state index contributed by atoms with van der Waals surface area (Å²) in [7, 11) is -3.55. The van der Waals surface area contributed by atoms with E-state index in [1.807, 2.05) is 49.6 Å². The molecule has 2 aromatic heterocycles. The Morgan fingerprint density at radius 3 is 2.75 bits per heavy atom. The maximum absolute atomic E-state index is 13.2. The van der Waals surface area contributed by atoms with E-state index in [2.05, 4.69) is 4.98 Å². The molecule has 0 unspecified atom stereocenters. The van der Waals surface area contributed by atoms with Crippen molar-refractivity contribution in [2.24, 2.45) is 0 Å². The summed E-state index contributed by atoms with van der Waals surface area (Å²) in [4.78, 5) is 5.33. The van der Waals surface area contributed by atoms with Crippen molar-refractivity contribution in [1.82, 2.24) is 4.98 Å². The maximum atomic E-state index is 13.2. The zero-order valence-corrected chi connectivity index (χ0v) is 15.7. The number of hydrogen-bond acceptors (Lipinski definition) is 5. The highest BCUT2D eigenvalue weighted by atomic mass is 32.2. The SMILES string of the molecule is Cc1nc(-c2ccc(S(=O)(=O)N3c4ccccc4C[C@@H]3C)s2)cs1. The van der Waals surface area contributed by atoms with Gasteiger partial charge in [-0.3, -0.25) is 4.31 Å². The molecule has 124 valence electrons. The molecule has 1 atom stereocenters. The first-order chi connectivity index (χ1) is 11.5. The van der Waals surface area contributed by atoms with Crippen LogP contribution in [0.15, 0.2) is 46.0 Å². The topological polar surface area (TPSA) is 50.3 Å². The fraction of sp³-hybridized carbons (Fsp3) is 0.235. The van der Waals surface area contributed by atoms with Gasteiger partial charge in [-0.2, -0.15) is 0 Å². The van der Waals surface area contributed by atoms with Crippen LogP contribution in [0.2, 0.25) is 0 Å². The van der Waals surface area contributed by atoms with Crippen molar-refractivity contribution in [2.45, 2.75) is 30.5 Å². The lowest BCUT2D eigenvalue weighted by molar-refractivity contribution is 0.586. The molecular weight excluding hydrogens is 360 g/mol. The number of aryl methyl sites for hydroxylation is 1. The molecule has 3 aromatic rings. The third kappa shape index (κ3) is 2.47. The second kappa shape index (κ2) is 5.68. The van der Waals surface area contributed by atoms with Crippen LogP contribution in [0.3, 0.4) is 0 Å². The van der Waals surface area contributed by atoms with Gasteiger partial charge in [-0.05, 0) is 44.0 Å². The Hall–Kier alpha value is -1.70. The second-order valence-electron chi connectivity index (χ2n) is 5.85. The average Bonchev–Trinajstić information content (AvgIpc) is 3.23. The minimum atomic E-state index is -3.55. The zero-order valence-electron chi connectivity index (χ0n) is 13.3. The number of thiophene rings is 1. The summed E-state index contributed by atoms with van der Waals surface area (Å²) in [5.41, 5.74) is 2.73. The number of fused-ring (bicyclic) bond motifs is 1. The number of thiazole rings is 1. The smallest absolute Gasteiger partial charge is 0.262 e. The van der Waals surface area contributed by atoms with Crippen LogP contribution in [0.4, 0.5) is 5.69 Å². The van der Waals surface area contributed by atoms with E-state index >= 15 is 0 Å². The molecular formula is C17H16N2O2S3. The molecule has 3 heterocycles. The molecule has 1 aliphatic rings. The van der Waals surface area contributed by atoms with E-state index in [0.717, 1.165) is 33.3 Å². The summed E-state index contributed by atoms with van der Waals surface area (Å²) >= 11 is 2.85. The quantitative estimate of drug-likeness (QED) is 0.684. The molecule has 0 saturated heterocycles. The number of anilines is 1. The van der Waals surface area contributed by atoms with Crippen LogP contribution in [-0.2, 0) is 16.4 Å². The summed E-state index contributed by atoms with van der Waals surface area (Å²) in [6, 6.07) is 11.2. The Morgan fingerprint density at radius 2 is 2.00 bits per heavy atom. The lowest BCUT2D eigenvalue weighted by Crippen LogP contribution is -2.35. The van der Waals surface area contributed by atoms with Crippen LogP contribution in [0.5, 0.6) is 0 Å². The molecule has 0 N–H and O–H groups in total. The first-order valence-electron chi connectivity index (χ1n) is 7.61. The van der Waals surface area contributed by atoms with Gasteiger partial charge in [-0.25, -0.2) is 13.4 Å². The average molecular weight is 377 g/mol. The number of aromatic nitrogens is 1. The lowest BCUT2D eigenvalue weighted by Gasteiger charge is -2.23. The van der Waals surface area contributed by atoms with E-state index in [1.165, 1.54) is 11.3 Å². The Bertz CT molecular complexity index is 1000. The summed E-state index contributed by atoms with van der Waals surface area (Å²) in [6.07, 6.45) is 0.749. The summed E-state index contributed by atoms with van der Waals surface area (Å²) in [6.45, 7) is 3.90. The third-order valence-corrected chi connectivity index (χ3v) is 8.39. The van der Waals surface area contributed by atoms with E-state index in [4.69, 9.17) is 0 Å². The first kappa shape index (κ1) is 15.8. The van der Waals surface area contributed by atoms with Crippen LogP contribution in [0.25, 0.3) is 10.6 Å². The second-order valence-corrected chi connectivity index (χ2v) is 10.0. The van der Waals surface area contributed by atoms with Gasteiger partial charge >= 0.3 is 0 Å². The van der Waals surface area contributed by atoms with Crippen LogP contribution < -0.4 is 4.31 Å². The first-order valence-corrected chi connectivity index (χ1v) is 10.7. The van der Waals surface area contributed by atoms with Crippen LogP contribution in [0.1, 0.15) is 17.5 Å². The van der Waals surface area contributed by atoms with Crippen molar-refractivity contribution >= 4 is 38.4 Å². The van der Waals surface area contributed by atoms with Gasteiger partial charge in [-0.15, -0.1) is 22.7 Å². The van der Waals surface area contributed by atoms with Gasteiger partial charge in [-0.1, -0.05) is 18.2 Å². The Morgan fingerprint density at radius 1 is 1.21 bits per heavy atom. The molecule has 24 heavy (non-hydrogen) atoms. The number of hydrogen-bond donors (Lipinski definition) is 0. The van der Waals surface area contributed by atoms with Crippen LogP contribution in [-0.4, -0.2) is 19.4 Å². The zero-order chi connectivity index (χ0) is 16.9. The summed E-state index contributed by atoms with van der Waals surface area (Å²) in [5, 5.41) is 2.94. The number of nitrogens with zero attached hydrogens (tertiary/aromatic N) is 2. The van der Waals surface area contributed by atoms with Gasteiger partial charge in [0.1, 0.15) is 4.21 Å². The Labute approximate surface area is 149 Å². The largest absolute Gasteiger partial charge is 0.274 e. The summed E-state index contributed by atoms with van der Waals surface area (Å²) in [5.74, 6) is 0. The third-order valence-electron chi connectivity index (χ3n) is 4.11. The molecule has 7 heteroatoms. The van der Waals surface area contributed by atoms with Crippen molar-refractivity contribution in [2.75, 3.05) is 4.31 Å². The molecule has 0 radical (unpaired) electrons. The van der Waals surface area contributed by atoms with Crippen molar-refractivity contribution in [3.8, 4) is 10.6 Å². The highest BCUT2D eigenvalue weighted by molar-refractivity contribution is 7.94. The van der Waals surface area contributed by atoms with E-state index in [9.17, 15) is 8.42 Å². The Kier molecular flexibility index (Phi) is 3.74. The molecule has 0 bridgehead atoms. The van der Waals surface area contributed by atoms with Crippen molar-refractivity contribution in [3.05, 3.63) is 52.3 Å². The highest BCUT2D eigenvalue weighted by Gasteiger charge is 2.36. The fourth-order valence-corrected chi connectivity index (χ4v) is 6.81. The molecule has 0 aliphatic carbocycles. The van der Waals surface area contributed by atoms with Crippen LogP contribution in [0, 0.1) is 6.92 Å². The number of benzene rings is 1. The lowest BCUT2D eigenvalue weighted by atomic mass is 10.1. The van der Waals surface area contributed by atoms with Gasteiger partial charge in [0.05, 0.1) is 21.3 Å². The van der Waals surface area contributed by atoms with E-state index in [1.54, 1.807) is 21.7 Å². The standard InChI is InChI=1S/C17H16N2O2S3/c1-11-9-13-5-3-4-6-15(13)19(11)24(20,21)17-8-7-16(23-17)14-10-22-12(2)18-14/h3-8,10-11H,9H2,1-2H3/t11-/m0/s1. The van der Waals surface area contributed by atoms with Crippen molar-refractivity contribution in [1.29, 1.82) is 0 Å². The predicted octanol–water partition coefficient (Wildman–Crippen LogP) is 4.32. The van der Waals surface area contributed by atoms with Gasteiger partial charge in [0.2, 0.25) is 0 Å². The maximum Gasteiger partial charge on any atom is 0.274 e. The minimum Gasteiger partial charge on any atom is -0.262 e.